The molecule has 0 saturated carbocycles. The minimum atomic E-state index is -0.535. The lowest BCUT2D eigenvalue weighted by molar-refractivity contribution is -0.384. The van der Waals surface area contributed by atoms with Crippen molar-refractivity contribution in [1.29, 1.82) is 0 Å². The summed E-state index contributed by atoms with van der Waals surface area (Å²) < 4.78 is 0. The Balaban J connectivity index is 3.15. The lowest BCUT2D eigenvalue weighted by Crippen LogP contribution is -2.18. The van der Waals surface area contributed by atoms with Gasteiger partial charge in [-0.3, -0.25) is 14.9 Å². The summed E-state index contributed by atoms with van der Waals surface area (Å²) in [6.45, 7) is 0.151. The molecule has 0 bridgehead atoms. The number of nitrogens with zero attached hydrogens (tertiary/aromatic N) is 1. The number of benzene rings is 1. The van der Waals surface area contributed by atoms with E-state index in [-0.39, 0.29) is 23.8 Å². The van der Waals surface area contributed by atoms with Gasteiger partial charge in [0.1, 0.15) is 5.69 Å². The summed E-state index contributed by atoms with van der Waals surface area (Å²) >= 11 is 0. The summed E-state index contributed by atoms with van der Waals surface area (Å²) in [7, 11) is 1.48. The van der Waals surface area contributed by atoms with Gasteiger partial charge in [-0.2, -0.15) is 0 Å². The third-order valence-corrected chi connectivity index (χ3v) is 2.06. The van der Waals surface area contributed by atoms with Crippen LogP contribution in [0.3, 0.4) is 0 Å². The Morgan fingerprint density at radius 3 is 2.82 bits per heavy atom. The molecule has 1 aromatic carbocycles. The molecular weight excluding hydrogens is 222 g/mol. The Labute approximate surface area is 98.2 Å². The van der Waals surface area contributed by atoms with Crippen molar-refractivity contribution in [1.82, 2.24) is 5.32 Å². The Morgan fingerprint density at radius 1 is 1.59 bits per heavy atom. The van der Waals surface area contributed by atoms with Gasteiger partial charge in [-0.1, -0.05) is 5.92 Å². The van der Waals surface area contributed by atoms with E-state index in [2.05, 4.69) is 16.6 Å². The van der Waals surface area contributed by atoms with E-state index >= 15 is 0 Å². The first-order valence-corrected chi connectivity index (χ1v) is 4.78. The molecule has 17 heavy (non-hydrogen) atoms. The van der Waals surface area contributed by atoms with Gasteiger partial charge in [0.2, 0.25) is 0 Å². The highest BCUT2D eigenvalue weighted by molar-refractivity contribution is 5.95. The maximum absolute atomic E-state index is 11.4. The van der Waals surface area contributed by atoms with Crippen LogP contribution in [0.5, 0.6) is 0 Å². The fourth-order valence-corrected chi connectivity index (χ4v) is 1.27. The summed E-state index contributed by atoms with van der Waals surface area (Å²) in [5.41, 5.74) is 0.444. The lowest BCUT2D eigenvalue weighted by atomic mass is 10.1. The minimum absolute atomic E-state index is 0.118. The SMILES string of the molecule is C#CCNc1cc(C(=O)NC)ccc1[N+](=O)[O-]. The number of hydrogen-bond acceptors (Lipinski definition) is 4. The topological polar surface area (TPSA) is 84.3 Å². The number of hydrogen-bond donors (Lipinski definition) is 2. The second-order valence-corrected chi connectivity index (χ2v) is 3.13. The van der Waals surface area contributed by atoms with E-state index in [1.165, 1.54) is 25.2 Å². The van der Waals surface area contributed by atoms with Crippen molar-refractivity contribution in [2.45, 2.75) is 0 Å². The van der Waals surface area contributed by atoms with Crippen molar-refractivity contribution >= 4 is 17.3 Å². The molecule has 1 amide bonds. The van der Waals surface area contributed by atoms with E-state index in [0.717, 1.165) is 0 Å². The van der Waals surface area contributed by atoms with Crippen molar-refractivity contribution in [3.63, 3.8) is 0 Å². The lowest BCUT2D eigenvalue weighted by Gasteiger charge is -2.06. The van der Waals surface area contributed by atoms with Crippen molar-refractivity contribution in [2.24, 2.45) is 0 Å². The third-order valence-electron chi connectivity index (χ3n) is 2.06. The highest BCUT2D eigenvalue weighted by atomic mass is 16.6. The summed E-state index contributed by atoms with van der Waals surface area (Å²) in [6, 6.07) is 4.05. The van der Waals surface area contributed by atoms with E-state index in [1.54, 1.807) is 0 Å². The van der Waals surface area contributed by atoms with Crippen LogP contribution >= 0.6 is 0 Å². The summed E-state index contributed by atoms with van der Waals surface area (Å²) in [6.07, 6.45) is 5.06. The predicted octanol–water partition coefficient (Wildman–Crippen LogP) is 0.999. The molecule has 0 fully saturated rings. The Kier molecular flexibility index (Phi) is 4.06. The van der Waals surface area contributed by atoms with Gasteiger partial charge in [0.25, 0.3) is 11.6 Å². The van der Waals surface area contributed by atoms with Gasteiger partial charge in [-0.15, -0.1) is 6.42 Å². The van der Waals surface area contributed by atoms with Gasteiger partial charge in [0.15, 0.2) is 0 Å². The first-order chi connectivity index (χ1) is 8.10. The molecule has 0 aromatic heterocycles. The van der Waals surface area contributed by atoms with Crippen LogP contribution in [0.15, 0.2) is 18.2 Å². The Hall–Kier alpha value is -2.55. The largest absolute Gasteiger partial charge is 0.369 e. The molecule has 1 rings (SSSR count). The van der Waals surface area contributed by atoms with Gasteiger partial charge in [0, 0.05) is 18.7 Å². The standard InChI is InChI=1S/C11H11N3O3/c1-3-6-13-9-7-8(11(15)12-2)4-5-10(9)14(16)17/h1,4-5,7,13H,6H2,2H3,(H,12,15). The quantitative estimate of drug-likeness (QED) is 0.461. The van der Waals surface area contributed by atoms with Crippen molar-refractivity contribution in [2.75, 3.05) is 18.9 Å². The van der Waals surface area contributed by atoms with Crippen LogP contribution < -0.4 is 10.6 Å². The molecule has 1 aromatic rings. The van der Waals surface area contributed by atoms with Crippen LogP contribution in [0.2, 0.25) is 0 Å². The number of rotatable bonds is 4. The maximum Gasteiger partial charge on any atom is 0.292 e. The first-order valence-electron chi connectivity index (χ1n) is 4.78. The number of terminal acetylenes is 1. The van der Waals surface area contributed by atoms with Gasteiger partial charge < -0.3 is 10.6 Å². The highest BCUT2D eigenvalue weighted by Gasteiger charge is 2.15. The van der Waals surface area contributed by atoms with E-state index < -0.39 is 4.92 Å². The summed E-state index contributed by atoms with van der Waals surface area (Å²) in [4.78, 5) is 21.6. The fourth-order valence-electron chi connectivity index (χ4n) is 1.27. The summed E-state index contributed by atoms with van der Waals surface area (Å²) in [5.74, 6) is 1.99. The normalized spacial score (nSPS) is 9.18. The molecule has 0 unspecified atom stereocenters. The molecular formula is C11H11N3O3. The molecule has 0 aliphatic heterocycles. The van der Waals surface area contributed by atoms with E-state index in [4.69, 9.17) is 6.42 Å². The van der Waals surface area contributed by atoms with Gasteiger partial charge in [0.05, 0.1) is 11.5 Å². The zero-order chi connectivity index (χ0) is 12.8. The number of nitro groups is 1. The van der Waals surface area contributed by atoms with Crippen LogP contribution in [0.4, 0.5) is 11.4 Å². The Bertz CT molecular complexity index is 491. The molecule has 0 radical (unpaired) electrons. The second-order valence-electron chi connectivity index (χ2n) is 3.13. The smallest absolute Gasteiger partial charge is 0.292 e. The van der Waals surface area contributed by atoms with Crippen LogP contribution in [0, 0.1) is 22.5 Å². The zero-order valence-corrected chi connectivity index (χ0v) is 9.19. The van der Waals surface area contributed by atoms with Crippen LogP contribution in [0.25, 0.3) is 0 Å². The molecule has 0 saturated heterocycles. The van der Waals surface area contributed by atoms with Gasteiger partial charge >= 0.3 is 0 Å². The van der Waals surface area contributed by atoms with Crippen molar-refractivity contribution in [3.8, 4) is 12.3 Å². The van der Waals surface area contributed by atoms with Crippen molar-refractivity contribution in [3.05, 3.63) is 33.9 Å². The van der Waals surface area contributed by atoms with E-state index in [0.29, 0.717) is 5.56 Å². The summed E-state index contributed by atoms with van der Waals surface area (Å²) in [5, 5.41) is 15.9. The number of amides is 1. The molecule has 88 valence electrons. The number of carbonyl (C=O) groups excluding carboxylic acids is 1. The molecule has 0 spiro atoms. The average Bonchev–Trinajstić information content (AvgIpc) is 2.34. The third kappa shape index (κ3) is 2.95. The van der Waals surface area contributed by atoms with Crippen molar-refractivity contribution < 1.29 is 9.72 Å². The molecule has 0 aliphatic rings. The first kappa shape index (κ1) is 12.5. The number of nitrogens with one attached hydrogen (secondary N) is 2. The molecule has 0 heterocycles. The van der Waals surface area contributed by atoms with Crippen LogP contribution in [-0.2, 0) is 0 Å². The van der Waals surface area contributed by atoms with Crippen LogP contribution in [0.1, 0.15) is 10.4 Å². The second kappa shape index (κ2) is 5.51. The average molecular weight is 233 g/mol. The minimum Gasteiger partial charge on any atom is -0.369 e. The fraction of sp³-hybridized carbons (Fsp3) is 0.182. The molecule has 0 atom stereocenters. The number of carbonyl (C=O) groups is 1. The molecule has 0 aliphatic carbocycles. The monoisotopic (exact) mass is 233 g/mol. The number of anilines is 1. The van der Waals surface area contributed by atoms with E-state index in [1.807, 2.05) is 0 Å². The van der Waals surface area contributed by atoms with Crippen LogP contribution in [-0.4, -0.2) is 24.4 Å². The predicted molar refractivity (Wildman–Crippen MR) is 63.8 cm³/mol. The van der Waals surface area contributed by atoms with Gasteiger partial charge in [-0.25, -0.2) is 0 Å². The van der Waals surface area contributed by atoms with Gasteiger partial charge in [-0.05, 0) is 12.1 Å². The zero-order valence-electron chi connectivity index (χ0n) is 9.19. The van der Waals surface area contributed by atoms with E-state index in [9.17, 15) is 14.9 Å². The molecule has 6 heteroatoms. The highest BCUT2D eigenvalue weighted by Crippen LogP contribution is 2.25. The molecule has 2 N–H and O–H groups in total. The Morgan fingerprint density at radius 2 is 2.29 bits per heavy atom. The molecule has 6 nitrogen and oxygen atoms in total. The maximum atomic E-state index is 11.4. The number of nitro benzene ring substituents is 1.